The normalized spacial score (nSPS) is 14.1. The lowest BCUT2D eigenvalue weighted by Crippen LogP contribution is -2.34. The molecule has 0 aliphatic carbocycles. The third-order valence-corrected chi connectivity index (χ3v) is 5.89. The van der Waals surface area contributed by atoms with Crippen LogP contribution in [0.2, 0.25) is 0 Å². The van der Waals surface area contributed by atoms with Crippen LogP contribution in [0.25, 0.3) is 0 Å². The molecule has 0 N–H and O–H groups in total. The molecule has 0 bridgehead atoms. The molecule has 0 aromatic rings. The number of rotatable bonds is 10. The number of hydrogen-bond acceptors (Lipinski definition) is 5. The van der Waals surface area contributed by atoms with E-state index in [1.54, 1.807) is 36.4 Å². The number of hydrogen-bond donors (Lipinski definition) is 0. The van der Waals surface area contributed by atoms with Gasteiger partial charge in [0.1, 0.15) is 0 Å². The molecule has 0 aliphatic rings. The topological polar surface area (TPSA) is 61.8 Å². The zero-order valence-electron chi connectivity index (χ0n) is 11.7. The van der Waals surface area contributed by atoms with Crippen molar-refractivity contribution in [2.24, 2.45) is 0 Å². The summed E-state index contributed by atoms with van der Waals surface area (Å²) in [6, 6.07) is 0. The Balaban J connectivity index is 4.63. The monoisotopic (exact) mass is 428 g/mol. The van der Waals surface area contributed by atoms with Crippen LogP contribution in [0.3, 0.4) is 0 Å². The first-order valence-electron chi connectivity index (χ1n) is 6.28. The van der Waals surface area contributed by atoms with Crippen LogP contribution in [-0.4, -0.2) is 41.8 Å². The van der Waals surface area contributed by atoms with Crippen LogP contribution >= 0.6 is 30.2 Å². The standard InChI is InChI=1S/C11H20F2IO5P/c1-4-17-10(15)11(12,13)7-9(14)8-20(16,18-5-2)19-6-3/h9H,4-8H2,1-3H3. The maximum atomic E-state index is 13.6. The largest absolute Gasteiger partial charge is 0.462 e. The van der Waals surface area contributed by atoms with E-state index in [2.05, 4.69) is 4.74 Å². The van der Waals surface area contributed by atoms with Crippen molar-refractivity contribution in [2.45, 2.75) is 37.0 Å². The van der Waals surface area contributed by atoms with Gasteiger partial charge < -0.3 is 13.8 Å². The Morgan fingerprint density at radius 2 is 1.70 bits per heavy atom. The minimum absolute atomic E-state index is 0.114. The molecule has 0 heterocycles. The van der Waals surface area contributed by atoms with Crippen LogP contribution in [0.15, 0.2) is 0 Å². The zero-order valence-corrected chi connectivity index (χ0v) is 14.8. The fourth-order valence-corrected chi connectivity index (χ4v) is 5.13. The molecule has 0 aliphatic heterocycles. The van der Waals surface area contributed by atoms with Crippen LogP contribution in [0.5, 0.6) is 0 Å². The van der Waals surface area contributed by atoms with Crippen molar-refractivity contribution < 1.29 is 31.9 Å². The molecule has 20 heavy (non-hydrogen) atoms. The average molecular weight is 428 g/mol. The van der Waals surface area contributed by atoms with E-state index in [0.717, 1.165) is 0 Å². The van der Waals surface area contributed by atoms with Crippen molar-refractivity contribution in [3.8, 4) is 0 Å². The Labute approximate surface area is 131 Å². The number of carbonyl (C=O) groups is 1. The van der Waals surface area contributed by atoms with Gasteiger partial charge in [0, 0.05) is 10.3 Å². The molecule has 0 saturated heterocycles. The summed E-state index contributed by atoms with van der Waals surface area (Å²) in [5.41, 5.74) is 0. The summed E-state index contributed by atoms with van der Waals surface area (Å²) in [7, 11) is -3.40. The van der Waals surface area contributed by atoms with Gasteiger partial charge >= 0.3 is 19.5 Å². The highest BCUT2D eigenvalue weighted by Gasteiger charge is 2.43. The van der Waals surface area contributed by atoms with Gasteiger partial charge in [-0.05, 0) is 20.8 Å². The summed E-state index contributed by atoms with van der Waals surface area (Å²) in [6.45, 7) is 4.94. The summed E-state index contributed by atoms with van der Waals surface area (Å²) >= 11 is 1.71. The smallest absolute Gasteiger partial charge is 0.377 e. The molecule has 1 atom stereocenters. The second kappa shape index (κ2) is 9.27. The number of ether oxygens (including phenoxy) is 1. The van der Waals surface area contributed by atoms with Gasteiger partial charge in [0.2, 0.25) is 0 Å². The first kappa shape index (κ1) is 20.2. The van der Waals surface area contributed by atoms with Gasteiger partial charge in [-0.25, -0.2) is 4.79 Å². The Morgan fingerprint density at radius 1 is 1.20 bits per heavy atom. The van der Waals surface area contributed by atoms with Gasteiger partial charge in [0.25, 0.3) is 0 Å². The van der Waals surface area contributed by atoms with Gasteiger partial charge in [-0.1, -0.05) is 22.6 Å². The molecule has 0 aromatic carbocycles. The fourth-order valence-electron chi connectivity index (χ4n) is 1.44. The van der Waals surface area contributed by atoms with E-state index >= 15 is 0 Å². The van der Waals surface area contributed by atoms with Gasteiger partial charge in [0.05, 0.1) is 26.0 Å². The van der Waals surface area contributed by atoms with Crippen LogP contribution < -0.4 is 0 Å². The highest BCUT2D eigenvalue weighted by Crippen LogP contribution is 2.50. The molecule has 0 fully saturated rings. The molecule has 0 saturated carbocycles. The molecule has 0 amide bonds. The second-order valence-electron chi connectivity index (χ2n) is 3.86. The maximum absolute atomic E-state index is 13.6. The lowest BCUT2D eigenvalue weighted by atomic mass is 10.2. The Morgan fingerprint density at radius 3 is 2.10 bits per heavy atom. The molecule has 0 aromatic heterocycles. The van der Waals surface area contributed by atoms with E-state index in [9.17, 15) is 18.1 Å². The quantitative estimate of drug-likeness (QED) is 0.230. The van der Waals surface area contributed by atoms with E-state index in [-0.39, 0.29) is 26.0 Å². The Kier molecular flexibility index (Phi) is 9.37. The average Bonchev–Trinajstić information content (AvgIpc) is 2.28. The fraction of sp³-hybridized carbons (Fsp3) is 0.909. The highest BCUT2D eigenvalue weighted by atomic mass is 127. The predicted octanol–water partition coefficient (Wildman–Crippen LogP) is 3.64. The summed E-state index contributed by atoms with van der Waals surface area (Å²) < 4.78 is 52.9. The van der Waals surface area contributed by atoms with Gasteiger partial charge in [-0.3, -0.25) is 4.57 Å². The van der Waals surface area contributed by atoms with E-state index < -0.39 is 29.8 Å². The van der Waals surface area contributed by atoms with Crippen molar-refractivity contribution in [1.82, 2.24) is 0 Å². The molecule has 1 unspecified atom stereocenters. The minimum Gasteiger partial charge on any atom is -0.462 e. The summed E-state index contributed by atoms with van der Waals surface area (Å²) in [4.78, 5) is 11.1. The number of alkyl halides is 3. The third kappa shape index (κ3) is 7.28. The molecule has 0 spiro atoms. The van der Waals surface area contributed by atoms with Crippen LogP contribution in [0.1, 0.15) is 27.2 Å². The van der Waals surface area contributed by atoms with Crippen molar-refractivity contribution in [3.63, 3.8) is 0 Å². The first-order valence-corrected chi connectivity index (χ1v) is 9.25. The van der Waals surface area contributed by atoms with E-state index in [4.69, 9.17) is 9.05 Å². The van der Waals surface area contributed by atoms with E-state index in [1.165, 1.54) is 6.92 Å². The van der Waals surface area contributed by atoms with Crippen molar-refractivity contribution in [1.29, 1.82) is 0 Å². The van der Waals surface area contributed by atoms with Crippen LogP contribution in [-0.2, 0) is 23.1 Å². The SMILES string of the molecule is CCOC(=O)C(F)(F)CC(I)CP(=O)(OCC)OCC. The maximum Gasteiger partial charge on any atom is 0.377 e. The number of halogens is 3. The molecule has 0 radical (unpaired) electrons. The molecular weight excluding hydrogens is 408 g/mol. The summed E-state index contributed by atoms with van der Waals surface area (Å²) in [6.07, 6.45) is -0.944. The number of esters is 1. The summed E-state index contributed by atoms with van der Waals surface area (Å²) in [5, 5.41) is 0. The lowest BCUT2D eigenvalue weighted by molar-refractivity contribution is -0.172. The predicted molar refractivity (Wildman–Crippen MR) is 79.7 cm³/mol. The second-order valence-corrected chi connectivity index (χ2v) is 7.72. The molecule has 120 valence electrons. The Bertz CT molecular complexity index is 344. The van der Waals surface area contributed by atoms with Crippen molar-refractivity contribution in [3.05, 3.63) is 0 Å². The van der Waals surface area contributed by atoms with E-state index in [0.29, 0.717) is 0 Å². The third-order valence-electron chi connectivity index (χ3n) is 2.13. The molecule has 9 heteroatoms. The molecule has 5 nitrogen and oxygen atoms in total. The van der Waals surface area contributed by atoms with Gasteiger partial charge in [-0.15, -0.1) is 0 Å². The van der Waals surface area contributed by atoms with Crippen molar-refractivity contribution >= 4 is 36.2 Å². The van der Waals surface area contributed by atoms with Gasteiger partial charge in [-0.2, -0.15) is 8.78 Å². The first-order chi connectivity index (χ1) is 9.20. The molecular formula is C11H20F2IO5P. The minimum atomic E-state index is -3.61. The van der Waals surface area contributed by atoms with E-state index in [1.807, 2.05) is 0 Å². The zero-order chi connectivity index (χ0) is 15.8. The van der Waals surface area contributed by atoms with Crippen LogP contribution in [0.4, 0.5) is 8.78 Å². The number of carbonyl (C=O) groups excluding carboxylic acids is 1. The Hall–Kier alpha value is 0.210. The van der Waals surface area contributed by atoms with Crippen molar-refractivity contribution in [2.75, 3.05) is 26.0 Å². The molecule has 0 rings (SSSR count). The van der Waals surface area contributed by atoms with Crippen LogP contribution in [0, 0.1) is 0 Å². The van der Waals surface area contributed by atoms with Gasteiger partial charge in [0.15, 0.2) is 0 Å². The summed E-state index contributed by atoms with van der Waals surface area (Å²) in [5.74, 6) is -5.17. The highest BCUT2D eigenvalue weighted by molar-refractivity contribution is 14.1. The lowest BCUT2D eigenvalue weighted by Gasteiger charge is -2.22.